The summed E-state index contributed by atoms with van der Waals surface area (Å²) in [7, 11) is 0. The van der Waals surface area contributed by atoms with Gasteiger partial charge in [0.25, 0.3) is 5.91 Å². The van der Waals surface area contributed by atoms with Crippen molar-refractivity contribution < 1.29 is 37.7 Å². The lowest BCUT2D eigenvalue weighted by atomic mass is 9.95. The number of hydrogen-bond acceptors (Lipinski definition) is 9. The molecule has 0 radical (unpaired) electrons. The van der Waals surface area contributed by atoms with E-state index in [2.05, 4.69) is 10.2 Å². The van der Waals surface area contributed by atoms with E-state index in [9.17, 15) is 14.4 Å². The van der Waals surface area contributed by atoms with Crippen molar-refractivity contribution in [1.29, 1.82) is 0 Å². The van der Waals surface area contributed by atoms with Gasteiger partial charge in [-0.15, -0.1) is 0 Å². The molecule has 5 aliphatic heterocycles. The first-order valence-corrected chi connectivity index (χ1v) is 16.4. The summed E-state index contributed by atoms with van der Waals surface area (Å²) in [4.78, 5) is 45.7. The van der Waals surface area contributed by atoms with E-state index in [4.69, 9.17) is 23.9 Å². The minimum atomic E-state index is -0.674. The van der Waals surface area contributed by atoms with Crippen molar-refractivity contribution in [3.05, 3.63) is 70.7 Å². The largest absolute Gasteiger partial charge is 0.486 e. The molecule has 0 spiro atoms. The van der Waals surface area contributed by atoms with Crippen LogP contribution in [0.1, 0.15) is 58.8 Å². The van der Waals surface area contributed by atoms with Crippen molar-refractivity contribution >= 4 is 28.6 Å². The molecule has 4 saturated heterocycles. The van der Waals surface area contributed by atoms with Crippen LogP contribution < -0.4 is 10.1 Å². The summed E-state index contributed by atoms with van der Waals surface area (Å²) in [5, 5.41) is 3.12. The molecule has 3 atom stereocenters. The molecular formula is C35H37FN4O7. The van der Waals surface area contributed by atoms with Crippen LogP contribution in [0.2, 0.25) is 0 Å². The molecule has 47 heavy (non-hydrogen) atoms. The number of halogens is 1. The fourth-order valence-corrected chi connectivity index (χ4v) is 7.37. The molecule has 3 aromatic rings. The molecule has 246 valence electrons. The van der Waals surface area contributed by atoms with Crippen molar-refractivity contribution in [2.45, 2.75) is 69.0 Å². The van der Waals surface area contributed by atoms with E-state index < -0.39 is 11.9 Å². The Morgan fingerprint density at radius 2 is 1.79 bits per heavy atom. The standard InChI is InChI=1S/C35H37FN4O7/c36-27-12-20(11-22-1-4-28(37-33(22)27)21-7-9-44-10-8-21)14-39-16-30(31(17-39)47-25-18-45-19-25)46-24-2-3-26-23(13-24)15-40(35(26)43)29-5-6-32(41)38-34(29)42/h1-4,11-13,21,25,29-31H,5-10,14-19H2,(H,38,41,42)/t29?,30-,31-/m0/s1. The van der Waals surface area contributed by atoms with Crippen LogP contribution in [0.4, 0.5) is 4.39 Å². The number of nitrogens with one attached hydrogen (secondary N) is 1. The highest BCUT2D eigenvalue weighted by molar-refractivity contribution is 6.05. The van der Waals surface area contributed by atoms with Gasteiger partial charge in [-0.3, -0.25) is 24.6 Å². The van der Waals surface area contributed by atoms with Gasteiger partial charge in [0.05, 0.1) is 13.2 Å². The zero-order chi connectivity index (χ0) is 32.1. The van der Waals surface area contributed by atoms with Crippen LogP contribution in [0.15, 0.2) is 42.5 Å². The molecule has 6 heterocycles. The summed E-state index contributed by atoms with van der Waals surface area (Å²) in [6, 6.07) is 12.3. The molecular weight excluding hydrogens is 607 g/mol. The summed E-state index contributed by atoms with van der Waals surface area (Å²) in [6.45, 7) is 4.46. The molecule has 1 aromatic heterocycles. The molecule has 12 heteroatoms. The SMILES string of the molecule is O=C1CCC(N2Cc3cc(O[C@H]4CN(Cc5cc(F)c6nc(C7CCOCC7)ccc6c5)C[C@@H]4OC4COC4)ccc3C2=O)C(=O)N1. The average Bonchev–Trinajstić information content (AvgIpc) is 3.57. The second-order valence-electron chi connectivity index (χ2n) is 13.2. The number of hydrogen-bond donors (Lipinski definition) is 1. The first-order chi connectivity index (χ1) is 22.9. The molecule has 0 saturated carbocycles. The number of carbonyl (C=O) groups is 3. The fourth-order valence-electron chi connectivity index (χ4n) is 7.37. The third-order valence-electron chi connectivity index (χ3n) is 9.92. The van der Waals surface area contributed by atoms with Gasteiger partial charge in [-0.1, -0.05) is 6.07 Å². The molecule has 8 rings (SSSR count). The number of carbonyl (C=O) groups excluding carboxylic acids is 3. The summed E-state index contributed by atoms with van der Waals surface area (Å²) in [6.07, 6.45) is 1.79. The van der Waals surface area contributed by atoms with Crippen molar-refractivity contribution in [3.8, 4) is 5.75 Å². The molecule has 11 nitrogen and oxygen atoms in total. The predicted molar refractivity (Wildman–Crippen MR) is 166 cm³/mol. The van der Waals surface area contributed by atoms with Gasteiger partial charge in [0, 0.05) is 68.4 Å². The smallest absolute Gasteiger partial charge is 0.255 e. The van der Waals surface area contributed by atoms with Crippen LogP contribution in [-0.4, -0.2) is 96.4 Å². The number of benzene rings is 2. The summed E-state index contributed by atoms with van der Waals surface area (Å²) >= 11 is 0. The van der Waals surface area contributed by atoms with Gasteiger partial charge in [0.2, 0.25) is 11.8 Å². The first kappa shape index (κ1) is 30.4. The maximum absolute atomic E-state index is 15.4. The maximum atomic E-state index is 15.4. The van der Waals surface area contributed by atoms with Crippen LogP contribution in [0, 0.1) is 5.82 Å². The van der Waals surface area contributed by atoms with Crippen LogP contribution in [-0.2, 0) is 36.9 Å². The highest BCUT2D eigenvalue weighted by Crippen LogP contribution is 2.33. The van der Waals surface area contributed by atoms with E-state index in [1.807, 2.05) is 24.3 Å². The third-order valence-corrected chi connectivity index (χ3v) is 9.92. The second kappa shape index (κ2) is 12.6. The van der Waals surface area contributed by atoms with E-state index in [-0.39, 0.29) is 48.9 Å². The molecule has 4 fully saturated rings. The zero-order valence-electron chi connectivity index (χ0n) is 26.0. The van der Waals surface area contributed by atoms with Gasteiger partial charge >= 0.3 is 0 Å². The number of ether oxygens (including phenoxy) is 4. The van der Waals surface area contributed by atoms with Crippen molar-refractivity contribution in [1.82, 2.24) is 20.1 Å². The highest BCUT2D eigenvalue weighted by Gasteiger charge is 2.41. The Bertz CT molecular complexity index is 1730. The van der Waals surface area contributed by atoms with Crippen molar-refractivity contribution in [3.63, 3.8) is 0 Å². The van der Waals surface area contributed by atoms with Gasteiger partial charge in [-0.05, 0) is 66.8 Å². The van der Waals surface area contributed by atoms with Gasteiger partial charge in [-0.25, -0.2) is 9.37 Å². The van der Waals surface area contributed by atoms with E-state index in [0.29, 0.717) is 75.2 Å². The van der Waals surface area contributed by atoms with Crippen LogP contribution in [0.5, 0.6) is 5.75 Å². The molecule has 1 N–H and O–H groups in total. The van der Waals surface area contributed by atoms with Crippen LogP contribution in [0.3, 0.4) is 0 Å². The molecule has 3 amide bonds. The number of nitrogens with zero attached hydrogens (tertiary/aromatic N) is 3. The fraction of sp³-hybridized carbons (Fsp3) is 0.486. The zero-order valence-corrected chi connectivity index (χ0v) is 26.0. The Labute approximate surface area is 271 Å². The number of rotatable bonds is 8. The number of likely N-dealkylation sites (tertiary alicyclic amines) is 1. The third kappa shape index (κ3) is 6.11. The number of piperidine rings is 1. The minimum Gasteiger partial charge on any atom is -0.486 e. The number of pyridine rings is 1. The number of imide groups is 1. The summed E-state index contributed by atoms with van der Waals surface area (Å²) in [5.74, 6) is -0.400. The monoisotopic (exact) mass is 644 g/mol. The van der Waals surface area contributed by atoms with Gasteiger partial charge < -0.3 is 23.8 Å². The molecule has 0 bridgehead atoms. The Balaban J connectivity index is 0.965. The topological polar surface area (TPSA) is 120 Å². The predicted octanol–water partition coefficient (Wildman–Crippen LogP) is 3.08. The number of aromatic nitrogens is 1. The first-order valence-electron chi connectivity index (χ1n) is 16.4. The van der Waals surface area contributed by atoms with Crippen molar-refractivity contribution in [2.75, 3.05) is 39.5 Å². The van der Waals surface area contributed by atoms with Crippen molar-refractivity contribution in [2.24, 2.45) is 0 Å². The van der Waals surface area contributed by atoms with E-state index in [1.165, 1.54) is 4.90 Å². The quantitative estimate of drug-likeness (QED) is 0.369. The molecule has 0 aliphatic carbocycles. The lowest BCUT2D eigenvalue weighted by Crippen LogP contribution is -2.52. The maximum Gasteiger partial charge on any atom is 0.255 e. The molecule has 1 unspecified atom stereocenters. The lowest BCUT2D eigenvalue weighted by molar-refractivity contribution is -0.163. The van der Waals surface area contributed by atoms with E-state index in [0.717, 1.165) is 35.0 Å². The summed E-state index contributed by atoms with van der Waals surface area (Å²) in [5.41, 5.74) is 3.48. The normalized spacial score (nSPS) is 25.7. The highest BCUT2D eigenvalue weighted by atomic mass is 19.1. The van der Waals surface area contributed by atoms with E-state index in [1.54, 1.807) is 18.2 Å². The Morgan fingerprint density at radius 1 is 0.957 bits per heavy atom. The Morgan fingerprint density at radius 3 is 2.57 bits per heavy atom. The Kier molecular flexibility index (Phi) is 8.12. The van der Waals surface area contributed by atoms with Gasteiger partial charge in [0.15, 0.2) is 0 Å². The van der Waals surface area contributed by atoms with Gasteiger partial charge in [-0.2, -0.15) is 0 Å². The summed E-state index contributed by atoms with van der Waals surface area (Å²) < 4.78 is 39.1. The second-order valence-corrected chi connectivity index (χ2v) is 13.2. The molecule has 2 aromatic carbocycles. The lowest BCUT2D eigenvalue weighted by Gasteiger charge is -2.31. The van der Waals surface area contributed by atoms with Gasteiger partial charge in [0.1, 0.15) is 41.4 Å². The average molecular weight is 645 g/mol. The van der Waals surface area contributed by atoms with E-state index >= 15 is 4.39 Å². The minimum absolute atomic E-state index is 0.000109. The molecule has 5 aliphatic rings. The van der Waals surface area contributed by atoms with Crippen LogP contribution in [0.25, 0.3) is 10.9 Å². The van der Waals surface area contributed by atoms with Crippen LogP contribution >= 0.6 is 0 Å². The number of fused-ring (bicyclic) bond motifs is 2. The Hall–Kier alpha value is -3.97. The number of amides is 3.